The average Bonchev–Trinajstić information content (AvgIpc) is 2.84. The van der Waals surface area contributed by atoms with Gasteiger partial charge in [0.15, 0.2) is 5.13 Å². The molecular weight excluding hydrogens is 218 g/mol. The molecule has 1 aromatic heterocycles. The Bertz CT molecular complexity index is 374. The molecule has 1 heterocycles. The van der Waals surface area contributed by atoms with Gasteiger partial charge in [0.05, 0.1) is 5.69 Å². The van der Waals surface area contributed by atoms with E-state index in [4.69, 9.17) is 0 Å². The minimum Gasteiger partial charge on any atom is -0.354 e. The SMILES string of the molecule is Cc1nc(N(C)C)sc1CNC1CC=CC1. The van der Waals surface area contributed by atoms with Crippen molar-refractivity contribution in [2.45, 2.75) is 32.4 Å². The Balaban J connectivity index is 1.93. The molecule has 2 rings (SSSR count). The topological polar surface area (TPSA) is 28.2 Å². The van der Waals surface area contributed by atoms with Gasteiger partial charge in [-0.15, -0.1) is 11.3 Å². The third-order valence-electron chi connectivity index (χ3n) is 2.82. The van der Waals surface area contributed by atoms with E-state index < -0.39 is 0 Å². The Morgan fingerprint density at radius 1 is 1.44 bits per heavy atom. The highest BCUT2D eigenvalue weighted by molar-refractivity contribution is 7.15. The highest BCUT2D eigenvalue weighted by atomic mass is 32.1. The molecule has 1 N–H and O–H groups in total. The summed E-state index contributed by atoms with van der Waals surface area (Å²) in [6.07, 6.45) is 6.83. The van der Waals surface area contributed by atoms with Crippen molar-refractivity contribution < 1.29 is 0 Å². The molecule has 1 aliphatic carbocycles. The molecule has 3 nitrogen and oxygen atoms in total. The second-order valence-corrected chi connectivity index (χ2v) is 5.48. The number of hydrogen-bond donors (Lipinski definition) is 1. The first-order chi connectivity index (χ1) is 7.66. The molecule has 0 amide bonds. The highest BCUT2D eigenvalue weighted by Crippen LogP contribution is 2.24. The summed E-state index contributed by atoms with van der Waals surface area (Å²) in [5.41, 5.74) is 1.16. The molecule has 88 valence electrons. The summed E-state index contributed by atoms with van der Waals surface area (Å²) in [6.45, 7) is 3.04. The van der Waals surface area contributed by atoms with E-state index in [1.54, 1.807) is 11.3 Å². The third-order valence-corrected chi connectivity index (χ3v) is 4.15. The van der Waals surface area contributed by atoms with E-state index in [2.05, 4.69) is 34.3 Å². The van der Waals surface area contributed by atoms with E-state index in [1.807, 2.05) is 14.1 Å². The van der Waals surface area contributed by atoms with Crippen LogP contribution in [0.4, 0.5) is 5.13 Å². The number of hydrogen-bond acceptors (Lipinski definition) is 4. The van der Waals surface area contributed by atoms with Crippen molar-refractivity contribution >= 4 is 16.5 Å². The van der Waals surface area contributed by atoms with Crippen LogP contribution in [-0.4, -0.2) is 25.1 Å². The van der Waals surface area contributed by atoms with Gasteiger partial charge in [0.25, 0.3) is 0 Å². The normalized spacial score (nSPS) is 15.9. The lowest BCUT2D eigenvalue weighted by Gasteiger charge is -2.10. The van der Waals surface area contributed by atoms with Crippen LogP contribution in [0.15, 0.2) is 12.2 Å². The monoisotopic (exact) mass is 237 g/mol. The van der Waals surface area contributed by atoms with Crippen molar-refractivity contribution in [2.75, 3.05) is 19.0 Å². The van der Waals surface area contributed by atoms with Crippen LogP contribution in [-0.2, 0) is 6.54 Å². The highest BCUT2D eigenvalue weighted by Gasteiger charge is 2.12. The molecule has 0 aliphatic heterocycles. The minimum atomic E-state index is 0.629. The van der Waals surface area contributed by atoms with Gasteiger partial charge in [-0.2, -0.15) is 0 Å². The summed E-state index contributed by atoms with van der Waals surface area (Å²) in [5, 5.41) is 4.68. The second kappa shape index (κ2) is 4.97. The first-order valence-electron chi connectivity index (χ1n) is 5.69. The molecule has 16 heavy (non-hydrogen) atoms. The zero-order chi connectivity index (χ0) is 11.5. The van der Waals surface area contributed by atoms with Gasteiger partial charge in [-0.05, 0) is 19.8 Å². The zero-order valence-corrected chi connectivity index (χ0v) is 11.0. The summed E-state index contributed by atoms with van der Waals surface area (Å²) < 4.78 is 0. The summed E-state index contributed by atoms with van der Waals surface area (Å²) >= 11 is 1.78. The molecule has 0 atom stereocenters. The fourth-order valence-electron chi connectivity index (χ4n) is 1.79. The van der Waals surface area contributed by atoms with Gasteiger partial charge in [0, 0.05) is 31.6 Å². The fraction of sp³-hybridized carbons (Fsp3) is 0.583. The van der Waals surface area contributed by atoms with Crippen LogP contribution in [0.3, 0.4) is 0 Å². The summed E-state index contributed by atoms with van der Waals surface area (Å²) in [5.74, 6) is 0. The summed E-state index contributed by atoms with van der Waals surface area (Å²) in [4.78, 5) is 7.97. The first kappa shape index (κ1) is 11.6. The molecule has 0 radical (unpaired) electrons. The Labute approximate surface area is 101 Å². The number of nitrogens with zero attached hydrogens (tertiary/aromatic N) is 2. The van der Waals surface area contributed by atoms with Gasteiger partial charge in [-0.1, -0.05) is 12.2 Å². The molecule has 4 heteroatoms. The van der Waals surface area contributed by atoms with Gasteiger partial charge >= 0.3 is 0 Å². The maximum absolute atomic E-state index is 4.54. The number of nitrogens with one attached hydrogen (secondary N) is 1. The van der Waals surface area contributed by atoms with Crippen LogP contribution >= 0.6 is 11.3 Å². The van der Waals surface area contributed by atoms with Crippen molar-refractivity contribution in [2.24, 2.45) is 0 Å². The maximum Gasteiger partial charge on any atom is 0.185 e. The van der Waals surface area contributed by atoms with Gasteiger partial charge in [0.2, 0.25) is 0 Å². The van der Waals surface area contributed by atoms with Crippen LogP contribution in [0.25, 0.3) is 0 Å². The molecule has 1 aliphatic rings. The van der Waals surface area contributed by atoms with Crippen LogP contribution in [0.1, 0.15) is 23.4 Å². The Hall–Kier alpha value is -0.870. The molecule has 0 spiro atoms. The van der Waals surface area contributed by atoms with E-state index in [9.17, 15) is 0 Å². The molecule has 1 aromatic rings. The maximum atomic E-state index is 4.54. The number of anilines is 1. The molecule has 0 bridgehead atoms. The predicted molar refractivity (Wildman–Crippen MR) is 70.2 cm³/mol. The molecule has 0 unspecified atom stereocenters. The summed E-state index contributed by atoms with van der Waals surface area (Å²) in [6, 6.07) is 0.629. The van der Waals surface area contributed by atoms with E-state index >= 15 is 0 Å². The Kier molecular flexibility index (Phi) is 3.61. The van der Waals surface area contributed by atoms with Crippen molar-refractivity contribution in [3.05, 3.63) is 22.7 Å². The fourth-order valence-corrected chi connectivity index (χ4v) is 2.72. The summed E-state index contributed by atoms with van der Waals surface area (Å²) in [7, 11) is 4.08. The smallest absolute Gasteiger partial charge is 0.185 e. The minimum absolute atomic E-state index is 0.629. The van der Waals surface area contributed by atoms with Gasteiger partial charge < -0.3 is 10.2 Å². The van der Waals surface area contributed by atoms with E-state index in [-0.39, 0.29) is 0 Å². The van der Waals surface area contributed by atoms with Crippen molar-refractivity contribution in [3.63, 3.8) is 0 Å². The van der Waals surface area contributed by atoms with E-state index in [0.29, 0.717) is 6.04 Å². The lowest BCUT2D eigenvalue weighted by molar-refractivity contribution is 0.540. The molecule has 0 saturated heterocycles. The number of rotatable bonds is 4. The average molecular weight is 237 g/mol. The molecule has 0 saturated carbocycles. The lowest BCUT2D eigenvalue weighted by Crippen LogP contribution is -2.25. The first-order valence-corrected chi connectivity index (χ1v) is 6.50. The Morgan fingerprint density at radius 3 is 2.69 bits per heavy atom. The van der Waals surface area contributed by atoms with E-state index in [1.165, 1.54) is 17.7 Å². The van der Waals surface area contributed by atoms with Crippen molar-refractivity contribution in [1.29, 1.82) is 0 Å². The zero-order valence-electron chi connectivity index (χ0n) is 10.2. The van der Waals surface area contributed by atoms with Crippen molar-refractivity contribution in [3.8, 4) is 0 Å². The van der Waals surface area contributed by atoms with Gasteiger partial charge in [-0.25, -0.2) is 4.98 Å². The number of aryl methyl sites for hydroxylation is 1. The largest absolute Gasteiger partial charge is 0.354 e. The van der Waals surface area contributed by atoms with Gasteiger partial charge in [-0.3, -0.25) is 0 Å². The lowest BCUT2D eigenvalue weighted by atomic mass is 10.2. The molecule has 0 aromatic carbocycles. The number of thiazole rings is 1. The molecule has 0 fully saturated rings. The predicted octanol–water partition coefficient (Wildman–Crippen LogP) is 2.33. The van der Waals surface area contributed by atoms with Crippen LogP contribution in [0.5, 0.6) is 0 Å². The Morgan fingerprint density at radius 2 is 2.12 bits per heavy atom. The van der Waals surface area contributed by atoms with E-state index in [0.717, 1.165) is 17.4 Å². The van der Waals surface area contributed by atoms with Crippen LogP contribution in [0, 0.1) is 6.92 Å². The van der Waals surface area contributed by atoms with Gasteiger partial charge in [0.1, 0.15) is 0 Å². The second-order valence-electron chi connectivity index (χ2n) is 4.42. The van der Waals surface area contributed by atoms with Crippen LogP contribution in [0.2, 0.25) is 0 Å². The standard InChI is InChI=1S/C12H19N3S/c1-9-11(16-12(14-9)15(2)3)8-13-10-6-4-5-7-10/h4-5,10,13H,6-8H2,1-3H3. The number of aromatic nitrogens is 1. The van der Waals surface area contributed by atoms with Crippen molar-refractivity contribution in [1.82, 2.24) is 10.3 Å². The van der Waals surface area contributed by atoms with Crippen LogP contribution < -0.4 is 10.2 Å². The molecular formula is C12H19N3S. The quantitative estimate of drug-likeness (QED) is 0.815. The third kappa shape index (κ3) is 2.62.